The van der Waals surface area contributed by atoms with Crippen LogP contribution in [0.3, 0.4) is 0 Å². The fourth-order valence-electron chi connectivity index (χ4n) is 3.12. The zero-order valence-electron chi connectivity index (χ0n) is 12.1. The zero-order valence-corrected chi connectivity index (χ0v) is 12.9. The Morgan fingerprint density at radius 1 is 1.38 bits per heavy atom. The van der Waals surface area contributed by atoms with Gasteiger partial charge < -0.3 is 5.32 Å². The van der Waals surface area contributed by atoms with Crippen molar-refractivity contribution in [1.82, 2.24) is 9.97 Å². The van der Waals surface area contributed by atoms with Gasteiger partial charge in [-0.25, -0.2) is 4.98 Å². The minimum atomic E-state index is -0.0157. The normalized spacial score (nSPS) is 16.8. The van der Waals surface area contributed by atoms with E-state index in [0.29, 0.717) is 6.42 Å². The van der Waals surface area contributed by atoms with Gasteiger partial charge >= 0.3 is 0 Å². The molecule has 3 rings (SSSR count). The largest absolute Gasteiger partial charge is 0.325 e. The maximum atomic E-state index is 12.4. The molecule has 0 bridgehead atoms. The van der Waals surface area contributed by atoms with E-state index < -0.39 is 0 Å². The number of carbonyl (C=O) groups is 1. The molecule has 5 heteroatoms. The minimum absolute atomic E-state index is 0.0157. The number of hydrogen-bond donors (Lipinski definition) is 1. The van der Waals surface area contributed by atoms with Gasteiger partial charge in [0.05, 0.1) is 16.9 Å². The maximum Gasteiger partial charge on any atom is 0.225 e. The summed E-state index contributed by atoms with van der Waals surface area (Å²) in [5.74, 6) is 0.0657. The van der Waals surface area contributed by atoms with Crippen LogP contribution in [0.1, 0.15) is 42.0 Å². The Balaban J connectivity index is 1.75. The third-order valence-electron chi connectivity index (χ3n) is 4.15. The van der Waals surface area contributed by atoms with Gasteiger partial charge in [-0.2, -0.15) is 0 Å². The van der Waals surface area contributed by atoms with Gasteiger partial charge in [0.1, 0.15) is 0 Å². The Labute approximate surface area is 128 Å². The molecule has 1 aliphatic carbocycles. The summed E-state index contributed by atoms with van der Waals surface area (Å²) in [6, 6.07) is 3.69. The van der Waals surface area contributed by atoms with Gasteiger partial charge in [0.15, 0.2) is 0 Å². The molecule has 0 atom stereocenters. The molecule has 21 heavy (non-hydrogen) atoms. The van der Waals surface area contributed by atoms with Crippen LogP contribution >= 0.6 is 11.3 Å². The van der Waals surface area contributed by atoms with E-state index in [1.807, 2.05) is 25.3 Å². The first-order valence-electron chi connectivity index (χ1n) is 7.31. The molecule has 0 unspecified atom stereocenters. The molecule has 0 aromatic carbocycles. The topological polar surface area (TPSA) is 54.9 Å². The summed E-state index contributed by atoms with van der Waals surface area (Å²) >= 11 is 1.73. The second kappa shape index (κ2) is 5.93. The number of nitrogens with one attached hydrogen (secondary N) is 1. The van der Waals surface area contributed by atoms with Gasteiger partial charge in [0.2, 0.25) is 5.91 Å². The van der Waals surface area contributed by atoms with E-state index in [9.17, 15) is 4.79 Å². The Kier molecular flexibility index (Phi) is 4.01. The van der Waals surface area contributed by atoms with E-state index in [0.717, 1.165) is 23.5 Å². The molecule has 1 fully saturated rings. The summed E-state index contributed by atoms with van der Waals surface area (Å²) < 4.78 is 0. The molecule has 0 saturated heterocycles. The number of aromatic nitrogens is 2. The van der Waals surface area contributed by atoms with E-state index in [1.54, 1.807) is 23.7 Å². The molecule has 2 aromatic heterocycles. The number of aryl methyl sites for hydroxylation is 1. The van der Waals surface area contributed by atoms with Crippen LogP contribution in [0.25, 0.3) is 0 Å². The first-order valence-corrected chi connectivity index (χ1v) is 8.12. The van der Waals surface area contributed by atoms with Crippen LogP contribution in [-0.4, -0.2) is 15.9 Å². The van der Waals surface area contributed by atoms with Gasteiger partial charge in [-0.05, 0) is 31.9 Å². The van der Waals surface area contributed by atoms with Crippen LogP contribution < -0.4 is 5.32 Å². The highest BCUT2D eigenvalue weighted by Gasteiger charge is 2.39. The fraction of sp³-hybridized carbons (Fsp3) is 0.438. The minimum Gasteiger partial charge on any atom is -0.325 e. The van der Waals surface area contributed by atoms with Crippen LogP contribution in [0.4, 0.5) is 5.69 Å². The van der Waals surface area contributed by atoms with Crippen molar-refractivity contribution in [3.8, 4) is 0 Å². The monoisotopic (exact) mass is 301 g/mol. The van der Waals surface area contributed by atoms with Crippen molar-refractivity contribution in [2.45, 2.75) is 44.4 Å². The first kappa shape index (κ1) is 14.2. The van der Waals surface area contributed by atoms with Crippen molar-refractivity contribution in [3.05, 3.63) is 40.6 Å². The molecule has 0 spiro atoms. The lowest BCUT2D eigenvalue weighted by Gasteiger charge is -2.26. The predicted molar refractivity (Wildman–Crippen MR) is 84.5 cm³/mol. The SMILES string of the molecule is Cc1ncc(C2(CC(=O)Nc3cccnc3)CCCC2)s1. The summed E-state index contributed by atoms with van der Waals surface area (Å²) in [7, 11) is 0. The Hall–Kier alpha value is -1.75. The van der Waals surface area contributed by atoms with E-state index in [4.69, 9.17) is 0 Å². The number of amides is 1. The number of thiazole rings is 1. The standard InChI is InChI=1S/C16H19N3OS/c1-12-18-11-14(21-12)16(6-2-3-7-16)9-15(20)19-13-5-4-8-17-10-13/h4-5,8,10-11H,2-3,6-7,9H2,1H3,(H,19,20). The van der Waals surface area contributed by atoms with Gasteiger partial charge in [0.25, 0.3) is 0 Å². The molecule has 1 amide bonds. The van der Waals surface area contributed by atoms with Crippen LogP contribution in [0, 0.1) is 6.92 Å². The van der Waals surface area contributed by atoms with Gasteiger partial charge in [-0.3, -0.25) is 9.78 Å². The molecule has 2 heterocycles. The van der Waals surface area contributed by atoms with Crippen molar-refractivity contribution in [2.24, 2.45) is 0 Å². The molecule has 1 saturated carbocycles. The molecule has 0 radical (unpaired) electrons. The highest BCUT2D eigenvalue weighted by molar-refractivity contribution is 7.11. The average Bonchev–Trinajstić information content (AvgIpc) is 3.10. The zero-order chi connectivity index (χ0) is 14.7. The lowest BCUT2D eigenvalue weighted by molar-refractivity contribution is -0.117. The molecule has 4 nitrogen and oxygen atoms in total. The molecule has 0 aliphatic heterocycles. The van der Waals surface area contributed by atoms with E-state index >= 15 is 0 Å². The number of anilines is 1. The molecule has 110 valence electrons. The number of hydrogen-bond acceptors (Lipinski definition) is 4. The average molecular weight is 301 g/mol. The summed E-state index contributed by atoms with van der Waals surface area (Å²) in [5.41, 5.74) is 0.745. The second-order valence-corrected chi connectivity index (χ2v) is 6.93. The molecule has 1 aliphatic rings. The van der Waals surface area contributed by atoms with E-state index in [-0.39, 0.29) is 11.3 Å². The van der Waals surface area contributed by atoms with Gasteiger partial charge in [-0.1, -0.05) is 12.8 Å². The second-order valence-electron chi connectivity index (χ2n) is 5.70. The van der Waals surface area contributed by atoms with Crippen molar-refractivity contribution in [3.63, 3.8) is 0 Å². The fourth-order valence-corrected chi connectivity index (χ4v) is 4.14. The van der Waals surface area contributed by atoms with Gasteiger partial charge in [-0.15, -0.1) is 11.3 Å². The molecular weight excluding hydrogens is 282 g/mol. The van der Waals surface area contributed by atoms with Crippen molar-refractivity contribution < 1.29 is 4.79 Å². The predicted octanol–water partition coefficient (Wildman–Crippen LogP) is 3.69. The highest BCUT2D eigenvalue weighted by Crippen LogP contribution is 2.45. The lowest BCUT2D eigenvalue weighted by Crippen LogP contribution is -2.28. The van der Waals surface area contributed by atoms with E-state index in [2.05, 4.69) is 15.3 Å². The van der Waals surface area contributed by atoms with Crippen molar-refractivity contribution >= 4 is 22.9 Å². The third-order valence-corrected chi connectivity index (χ3v) is 5.31. The van der Waals surface area contributed by atoms with Crippen LogP contribution in [0.5, 0.6) is 0 Å². The van der Waals surface area contributed by atoms with E-state index in [1.165, 1.54) is 17.7 Å². The van der Waals surface area contributed by atoms with Crippen molar-refractivity contribution in [2.75, 3.05) is 5.32 Å². The molecule has 1 N–H and O–H groups in total. The number of pyridine rings is 1. The number of rotatable bonds is 4. The number of nitrogens with zero attached hydrogens (tertiary/aromatic N) is 2. The number of carbonyl (C=O) groups excluding carboxylic acids is 1. The Morgan fingerprint density at radius 3 is 2.81 bits per heavy atom. The van der Waals surface area contributed by atoms with Gasteiger partial charge in [0, 0.05) is 29.1 Å². The summed E-state index contributed by atoms with van der Waals surface area (Å²) in [5, 5.41) is 4.03. The van der Waals surface area contributed by atoms with Crippen LogP contribution in [0.2, 0.25) is 0 Å². The quantitative estimate of drug-likeness (QED) is 0.937. The maximum absolute atomic E-state index is 12.4. The first-order chi connectivity index (χ1) is 10.2. The molecular formula is C16H19N3OS. The molecule has 2 aromatic rings. The summed E-state index contributed by atoms with van der Waals surface area (Å²) in [6.07, 6.45) is 10.4. The van der Waals surface area contributed by atoms with Crippen LogP contribution in [-0.2, 0) is 10.2 Å². The van der Waals surface area contributed by atoms with Crippen molar-refractivity contribution in [1.29, 1.82) is 0 Å². The smallest absolute Gasteiger partial charge is 0.225 e. The third kappa shape index (κ3) is 3.13. The lowest BCUT2D eigenvalue weighted by atomic mass is 9.81. The summed E-state index contributed by atoms with van der Waals surface area (Å²) in [6.45, 7) is 2.02. The summed E-state index contributed by atoms with van der Waals surface area (Å²) in [4.78, 5) is 22.1. The Morgan fingerprint density at radius 2 is 2.19 bits per heavy atom. The van der Waals surface area contributed by atoms with Crippen LogP contribution in [0.15, 0.2) is 30.7 Å². The Bertz CT molecular complexity index is 617. The highest BCUT2D eigenvalue weighted by atomic mass is 32.1.